The number of para-hydroxylation sites is 5. The van der Waals surface area contributed by atoms with Gasteiger partial charge in [0, 0.05) is 16.2 Å². The highest BCUT2D eigenvalue weighted by molar-refractivity contribution is 6.19. The fourth-order valence-electron chi connectivity index (χ4n) is 9.26. The molecule has 0 bridgehead atoms. The van der Waals surface area contributed by atoms with Crippen molar-refractivity contribution in [3.63, 3.8) is 0 Å². The van der Waals surface area contributed by atoms with Crippen LogP contribution in [0.3, 0.4) is 0 Å². The van der Waals surface area contributed by atoms with Crippen LogP contribution in [0, 0.1) is 0 Å². The predicted molar refractivity (Wildman–Crippen MR) is 167 cm³/mol. The second kappa shape index (κ2) is 6.31. The normalized spacial score (nSPS) is 17.4. The van der Waals surface area contributed by atoms with Gasteiger partial charge in [-0.1, -0.05) is 42.5 Å². The molecular weight excluding hydrogens is 544 g/mol. The molecule has 0 N–H and O–H groups in total. The minimum absolute atomic E-state index is 0.703. The Hall–Kier alpha value is -6.08. The molecule has 0 fully saturated rings. The number of pyridine rings is 2. The van der Waals surface area contributed by atoms with E-state index >= 15 is 0 Å². The lowest BCUT2D eigenvalue weighted by Gasteiger charge is -2.31. The molecule has 0 radical (unpaired) electrons. The second-order valence-electron chi connectivity index (χ2n) is 12.3. The van der Waals surface area contributed by atoms with Crippen LogP contribution in [0.1, 0.15) is 11.1 Å². The SMILES string of the molecule is c1ccc2c(c1)c1ccc3c4c1c1n2c2ccccc2[n+]1C41c2c(ccc4c5cnncc5n5c6ccccc6[n+]1c5c24)O3. The molecule has 200 valence electrons. The van der Waals surface area contributed by atoms with Crippen LogP contribution in [0.25, 0.3) is 76.7 Å². The van der Waals surface area contributed by atoms with Gasteiger partial charge in [-0.05, 0) is 54.6 Å². The fraction of sp³-hybridized carbons (Fsp3) is 0.0270. The summed E-state index contributed by atoms with van der Waals surface area (Å²) in [7, 11) is 0. The molecule has 0 aliphatic carbocycles. The molecule has 3 aliphatic rings. The monoisotopic (exact) mass is 562 g/mol. The molecule has 44 heavy (non-hydrogen) atoms. The minimum Gasteiger partial charge on any atom is -0.456 e. The zero-order valence-corrected chi connectivity index (χ0v) is 23.0. The van der Waals surface area contributed by atoms with Crippen LogP contribution in [0.2, 0.25) is 0 Å². The van der Waals surface area contributed by atoms with Crippen LogP contribution in [-0.4, -0.2) is 19.0 Å². The van der Waals surface area contributed by atoms with Gasteiger partial charge in [0.1, 0.15) is 28.1 Å². The Bertz CT molecular complexity index is 2890. The highest BCUT2D eigenvalue weighted by Crippen LogP contribution is 2.58. The van der Waals surface area contributed by atoms with Crippen LogP contribution in [0.4, 0.5) is 0 Å². The molecule has 0 amide bonds. The number of imidazole rings is 2. The van der Waals surface area contributed by atoms with Gasteiger partial charge in [-0.2, -0.15) is 28.1 Å². The van der Waals surface area contributed by atoms with Gasteiger partial charge in [-0.15, -0.1) is 0 Å². The average molecular weight is 563 g/mol. The summed E-state index contributed by atoms with van der Waals surface area (Å²) in [6.07, 6.45) is 3.81. The largest absolute Gasteiger partial charge is 0.456 e. The molecule has 5 aromatic carbocycles. The molecular formula is C37H18N6O+2. The van der Waals surface area contributed by atoms with Crippen molar-refractivity contribution in [2.75, 3.05) is 0 Å². The van der Waals surface area contributed by atoms with E-state index in [9.17, 15) is 0 Å². The molecule has 8 heterocycles. The number of hydrogen-bond donors (Lipinski definition) is 0. The Balaban J connectivity index is 1.45. The summed E-state index contributed by atoms with van der Waals surface area (Å²) in [4.78, 5) is 0. The lowest BCUT2D eigenvalue weighted by Crippen LogP contribution is -2.71. The molecule has 7 heteroatoms. The zero-order chi connectivity index (χ0) is 28.1. The van der Waals surface area contributed by atoms with Crippen molar-refractivity contribution in [2.24, 2.45) is 0 Å². The van der Waals surface area contributed by atoms with Crippen molar-refractivity contribution < 1.29 is 13.9 Å². The van der Waals surface area contributed by atoms with E-state index in [-0.39, 0.29) is 0 Å². The molecule has 1 unspecified atom stereocenters. The van der Waals surface area contributed by atoms with Crippen molar-refractivity contribution in [3.8, 4) is 11.5 Å². The van der Waals surface area contributed by atoms with Crippen LogP contribution >= 0.6 is 0 Å². The quantitative estimate of drug-likeness (QED) is 0.157. The van der Waals surface area contributed by atoms with Crippen LogP contribution < -0.4 is 13.9 Å². The molecule has 0 saturated heterocycles. The standard InChI is InChI=1S/C37H18N6O/c1-2-8-23-19(7-1)20-13-15-29-33-31(20)35-40(23)24-9-3-5-11-26(24)42(35)37(33)34-30(44-29)16-14-21-22-17-38-39-18-28(22)41-25-10-4-6-12-27(25)43(37)36(41)32(21)34/h1-18H/q+2. The average Bonchev–Trinajstić information content (AvgIpc) is 3.79. The zero-order valence-electron chi connectivity index (χ0n) is 23.0. The Morgan fingerprint density at radius 3 is 1.73 bits per heavy atom. The van der Waals surface area contributed by atoms with Gasteiger partial charge in [0.25, 0.3) is 0 Å². The molecule has 5 aromatic heterocycles. The molecule has 13 rings (SSSR count). The maximum Gasteiger partial charge on any atom is 0.316 e. The van der Waals surface area contributed by atoms with E-state index in [0.717, 1.165) is 39.0 Å². The molecule has 0 saturated carbocycles. The van der Waals surface area contributed by atoms with Gasteiger partial charge in [0.15, 0.2) is 27.6 Å². The van der Waals surface area contributed by atoms with Gasteiger partial charge in [0.2, 0.25) is 0 Å². The number of fused-ring (bicyclic) bond motifs is 12. The Labute approximate surface area is 247 Å². The van der Waals surface area contributed by atoms with Crippen molar-refractivity contribution in [1.29, 1.82) is 0 Å². The van der Waals surface area contributed by atoms with Crippen LogP contribution in [0.5, 0.6) is 11.5 Å². The van der Waals surface area contributed by atoms with E-state index in [1.165, 1.54) is 60.4 Å². The van der Waals surface area contributed by atoms with E-state index in [2.05, 4.69) is 125 Å². The summed E-state index contributed by atoms with van der Waals surface area (Å²) in [5.74, 6) is 1.81. The maximum atomic E-state index is 6.92. The summed E-state index contributed by atoms with van der Waals surface area (Å²) in [5, 5.41) is 15.9. The van der Waals surface area contributed by atoms with Crippen molar-refractivity contribution in [3.05, 3.63) is 121 Å². The van der Waals surface area contributed by atoms with E-state index in [1.807, 2.05) is 12.4 Å². The van der Waals surface area contributed by atoms with Gasteiger partial charge in [-0.3, -0.25) is 0 Å². The lowest BCUT2D eigenvalue weighted by molar-refractivity contribution is -0.923. The predicted octanol–water partition coefficient (Wildman–Crippen LogP) is 6.51. The highest BCUT2D eigenvalue weighted by atomic mass is 16.5. The van der Waals surface area contributed by atoms with Crippen LogP contribution in [-0.2, 0) is 5.66 Å². The number of nitrogens with zero attached hydrogens (tertiary/aromatic N) is 6. The Morgan fingerprint density at radius 1 is 0.500 bits per heavy atom. The summed E-state index contributed by atoms with van der Waals surface area (Å²) in [6.45, 7) is 0. The summed E-state index contributed by atoms with van der Waals surface area (Å²) >= 11 is 0. The number of hydrogen-bond acceptors (Lipinski definition) is 3. The maximum absolute atomic E-state index is 6.92. The second-order valence-corrected chi connectivity index (χ2v) is 12.3. The van der Waals surface area contributed by atoms with E-state index in [4.69, 9.17) is 4.74 Å². The fourth-order valence-corrected chi connectivity index (χ4v) is 9.26. The molecule has 1 atom stereocenters. The van der Waals surface area contributed by atoms with Crippen LogP contribution in [0.15, 0.2) is 109 Å². The van der Waals surface area contributed by atoms with Gasteiger partial charge in [0.05, 0.1) is 28.6 Å². The number of benzene rings is 5. The molecule has 1 spiro atoms. The molecule has 3 aliphatic heterocycles. The first kappa shape index (κ1) is 20.7. The summed E-state index contributed by atoms with van der Waals surface area (Å²) in [5.41, 5.74) is 11.0. The Morgan fingerprint density at radius 2 is 1.05 bits per heavy atom. The topological polar surface area (TPSA) is 51.6 Å². The number of aromatic nitrogens is 6. The summed E-state index contributed by atoms with van der Waals surface area (Å²) < 4.78 is 17.0. The van der Waals surface area contributed by atoms with E-state index < -0.39 is 5.66 Å². The Kier molecular flexibility index (Phi) is 2.97. The third kappa shape index (κ3) is 1.80. The van der Waals surface area contributed by atoms with Crippen molar-refractivity contribution in [2.45, 2.75) is 5.66 Å². The first-order chi connectivity index (χ1) is 21.9. The molecule has 7 nitrogen and oxygen atoms in total. The lowest BCUT2D eigenvalue weighted by atomic mass is 9.85. The van der Waals surface area contributed by atoms with Gasteiger partial charge in [-0.25, -0.2) is 0 Å². The smallest absolute Gasteiger partial charge is 0.316 e. The third-order valence-corrected chi connectivity index (χ3v) is 10.6. The van der Waals surface area contributed by atoms with E-state index in [1.54, 1.807) is 0 Å². The minimum atomic E-state index is -0.703. The van der Waals surface area contributed by atoms with Crippen molar-refractivity contribution in [1.82, 2.24) is 19.0 Å². The number of ether oxygens (including phenoxy) is 1. The first-order valence-electron chi connectivity index (χ1n) is 14.9. The highest BCUT2D eigenvalue weighted by Gasteiger charge is 2.67. The van der Waals surface area contributed by atoms with Crippen molar-refractivity contribution >= 4 is 76.7 Å². The summed E-state index contributed by atoms with van der Waals surface area (Å²) in [6, 6.07) is 35.2. The van der Waals surface area contributed by atoms with Gasteiger partial charge < -0.3 is 4.74 Å². The number of rotatable bonds is 0. The third-order valence-electron chi connectivity index (χ3n) is 10.6. The van der Waals surface area contributed by atoms with E-state index in [0.29, 0.717) is 0 Å². The molecule has 10 aromatic rings. The van der Waals surface area contributed by atoms with Gasteiger partial charge >= 0.3 is 17.0 Å². The first-order valence-corrected chi connectivity index (χ1v) is 14.9.